The number of hydrogen-bond acceptors (Lipinski definition) is 2. The van der Waals surface area contributed by atoms with Gasteiger partial charge in [0.1, 0.15) is 11.6 Å². The SMILES string of the molecule is OC1CNC(c2cc(F)ccc2F)C1. The predicted molar refractivity (Wildman–Crippen MR) is 47.7 cm³/mol. The maximum atomic E-state index is 13.3. The first-order valence-electron chi connectivity index (χ1n) is 4.53. The van der Waals surface area contributed by atoms with Crippen LogP contribution in [0.4, 0.5) is 8.78 Å². The quantitative estimate of drug-likeness (QED) is 0.715. The second-order valence-corrected chi connectivity index (χ2v) is 3.52. The maximum absolute atomic E-state index is 13.3. The monoisotopic (exact) mass is 199 g/mol. The molecule has 1 aromatic rings. The van der Waals surface area contributed by atoms with E-state index in [2.05, 4.69) is 5.32 Å². The summed E-state index contributed by atoms with van der Waals surface area (Å²) in [6.07, 6.45) is -0.0388. The summed E-state index contributed by atoms with van der Waals surface area (Å²) in [6.45, 7) is 0.431. The van der Waals surface area contributed by atoms with E-state index in [4.69, 9.17) is 0 Å². The van der Waals surface area contributed by atoms with Gasteiger partial charge in [-0.15, -0.1) is 0 Å². The molecule has 0 aliphatic carbocycles. The third-order valence-corrected chi connectivity index (χ3v) is 2.44. The molecular weight excluding hydrogens is 188 g/mol. The van der Waals surface area contributed by atoms with E-state index in [0.717, 1.165) is 12.1 Å². The minimum absolute atomic E-state index is 0.277. The van der Waals surface area contributed by atoms with Gasteiger partial charge in [0, 0.05) is 18.2 Å². The van der Waals surface area contributed by atoms with Crippen molar-refractivity contribution >= 4 is 0 Å². The molecule has 2 nitrogen and oxygen atoms in total. The lowest BCUT2D eigenvalue weighted by Gasteiger charge is -2.11. The van der Waals surface area contributed by atoms with Crippen molar-refractivity contribution in [2.24, 2.45) is 0 Å². The largest absolute Gasteiger partial charge is 0.392 e. The minimum atomic E-state index is -0.470. The molecule has 2 N–H and O–H groups in total. The van der Waals surface area contributed by atoms with Crippen molar-refractivity contribution in [3.63, 3.8) is 0 Å². The number of benzene rings is 1. The van der Waals surface area contributed by atoms with Crippen LogP contribution in [0.15, 0.2) is 18.2 Å². The molecule has 4 heteroatoms. The van der Waals surface area contributed by atoms with Crippen LogP contribution in [0.25, 0.3) is 0 Å². The lowest BCUT2D eigenvalue weighted by molar-refractivity contribution is 0.193. The summed E-state index contributed by atoms with van der Waals surface area (Å²) in [5.74, 6) is -0.886. The molecule has 1 heterocycles. The van der Waals surface area contributed by atoms with E-state index < -0.39 is 17.7 Å². The highest BCUT2D eigenvalue weighted by Crippen LogP contribution is 2.25. The number of aliphatic hydroxyl groups excluding tert-OH is 1. The van der Waals surface area contributed by atoms with Crippen molar-refractivity contribution in [2.75, 3.05) is 6.54 Å². The Hall–Kier alpha value is -1.00. The number of rotatable bonds is 1. The fourth-order valence-electron chi connectivity index (χ4n) is 1.74. The highest BCUT2D eigenvalue weighted by Gasteiger charge is 2.25. The van der Waals surface area contributed by atoms with Crippen molar-refractivity contribution in [3.05, 3.63) is 35.4 Å². The van der Waals surface area contributed by atoms with Crippen LogP contribution in [0.3, 0.4) is 0 Å². The van der Waals surface area contributed by atoms with Gasteiger partial charge in [-0.25, -0.2) is 8.78 Å². The Bertz CT molecular complexity index is 343. The van der Waals surface area contributed by atoms with Crippen LogP contribution in [0.1, 0.15) is 18.0 Å². The Morgan fingerprint density at radius 3 is 2.79 bits per heavy atom. The molecule has 1 aliphatic heterocycles. The van der Waals surface area contributed by atoms with E-state index in [1.807, 2.05) is 0 Å². The molecule has 2 rings (SSSR count). The van der Waals surface area contributed by atoms with Crippen LogP contribution in [0, 0.1) is 11.6 Å². The second kappa shape index (κ2) is 3.63. The number of nitrogens with one attached hydrogen (secondary N) is 1. The molecular formula is C10H11F2NO. The Labute approximate surface area is 80.6 Å². The molecule has 0 saturated carbocycles. The van der Waals surface area contributed by atoms with Crippen molar-refractivity contribution in [2.45, 2.75) is 18.6 Å². The van der Waals surface area contributed by atoms with Gasteiger partial charge in [-0.1, -0.05) is 0 Å². The molecule has 2 unspecified atom stereocenters. The zero-order valence-corrected chi connectivity index (χ0v) is 7.50. The van der Waals surface area contributed by atoms with E-state index in [-0.39, 0.29) is 6.04 Å². The first-order chi connectivity index (χ1) is 6.66. The normalized spacial score (nSPS) is 26.8. The summed E-state index contributed by atoms with van der Waals surface area (Å²) in [5, 5.41) is 12.2. The molecule has 1 saturated heterocycles. The summed E-state index contributed by atoms with van der Waals surface area (Å²) in [6, 6.07) is 3.09. The number of hydrogen-bond donors (Lipinski definition) is 2. The van der Waals surface area contributed by atoms with Crippen LogP contribution in [-0.2, 0) is 0 Å². The van der Waals surface area contributed by atoms with Crippen molar-refractivity contribution in [1.82, 2.24) is 5.32 Å². The topological polar surface area (TPSA) is 32.3 Å². The maximum Gasteiger partial charge on any atom is 0.128 e. The van der Waals surface area contributed by atoms with Gasteiger partial charge < -0.3 is 10.4 Å². The molecule has 0 amide bonds. The van der Waals surface area contributed by atoms with Gasteiger partial charge in [0.15, 0.2) is 0 Å². The fraction of sp³-hybridized carbons (Fsp3) is 0.400. The van der Waals surface area contributed by atoms with E-state index in [1.165, 1.54) is 6.07 Å². The molecule has 1 fully saturated rings. The molecule has 1 aliphatic rings. The van der Waals surface area contributed by atoms with Gasteiger partial charge in [0.05, 0.1) is 6.10 Å². The van der Waals surface area contributed by atoms with E-state index in [9.17, 15) is 13.9 Å². The van der Waals surface area contributed by atoms with Gasteiger partial charge in [-0.3, -0.25) is 0 Å². The van der Waals surface area contributed by atoms with Crippen LogP contribution in [-0.4, -0.2) is 17.8 Å². The lowest BCUT2D eigenvalue weighted by Crippen LogP contribution is -2.15. The summed E-state index contributed by atoms with van der Waals surface area (Å²) in [5.41, 5.74) is 0.293. The van der Waals surface area contributed by atoms with Crippen LogP contribution < -0.4 is 5.32 Å². The first-order valence-corrected chi connectivity index (χ1v) is 4.53. The highest BCUT2D eigenvalue weighted by atomic mass is 19.1. The van der Waals surface area contributed by atoms with Crippen molar-refractivity contribution < 1.29 is 13.9 Å². The summed E-state index contributed by atoms with van der Waals surface area (Å²) in [7, 11) is 0. The van der Waals surface area contributed by atoms with Crippen LogP contribution >= 0.6 is 0 Å². The molecule has 0 radical (unpaired) electrons. The van der Waals surface area contributed by atoms with Gasteiger partial charge in [-0.2, -0.15) is 0 Å². The molecule has 0 spiro atoms. The van der Waals surface area contributed by atoms with E-state index in [0.29, 0.717) is 18.5 Å². The third-order valence-electron chi connectivity index (χ3n) is 2.44. The van der Waals surface area contributed by atoms with Gasteiger partial charge in [0.2, 0.25) is 0 Å². The lowest BCUT2D eigenvalue weighted by atomic mass is 10.0. The predicted octanol–water partition coefficient (Wildman–Crippen LogP) is 1.36. The molecule has 14 heavy (non-hydrogen) atoms. The van der Waals surface area contributed by atoms with Crippen molar-refractivity contribution in [1.29, 1.82) is 0 Å². The van der Waals surface area contributed by atoms with E-state index >= 15 is 0 Å². The minimum Gasteiger partial charge on any atom is -0.392 e. The standard InChI is InChI=1S/C10H11F2NO/c11-6-1-2-9(12)8(3-6)10-4-7(14)5-13-10/h1-3,7,10,13-14H,4-5H2. The average molecular weight is 199 g/mol. The highest BCUT2D eigenvalue weighted by molar-refractivity contribution is 5.23. The average Bonchev–Trinajstić information content (AvgIpc) is 2.56. The number of halogens is 2. The van der Waals surface area contributed by atoms with Gasteiger partial charge >= 0.3 is 0 Å². The Kier molecular flexibility index (Phi) is 2.48. The van der Waals surface area contributed by atoms with Crippen molar-refractivity contribution in [3.8, 4) is 0 Å². The summed E-state index contributed by atoms with van der Waals surface area (Å²) < 4.78 is 26.1. The van der Waals surface area contributed by atoms with Crippen LogP contribution in [0.5, 0.6) is 0 Å². The third kappa shape index (κ3) is 1.76. The Balaban J connectivity index is 2.27. The van der Waals surface area contributed by atoms with Gasteiger partial charge in [0.25, 0.3) is 0 Å². The molecule has 2 atom stereocenters. The fourth-order valence-corrected chi connectivity index (χ4v) is 1.74. The molecule has 0 aromatic heterocycles. The Morgan fingerprint density at radius 2 is 2.14 bits per heavy atom. The summed E-state index contributed by atoms with van der Waals surface area (Å²) >= 11 is 0. The van der Waals surface area contributed by atoms with Gasteiger partial charge in [-0.05, 0) is 24.6 Å². The molecule has 76 valence electrons. The zero-order valence-electron chi connectivity index (χ0n) is 7.50. The first kappa shape index (κ1) is 9.55. The second-order valence-electron chi connectivity index (χ2n) is 3.52. The number of aliphatic hydroxyl groups is 1. The molecule has 0 bridgehead atoms. The number of β-amino-alcohol motifs (C(OH)–C–C–N with tert-alkyl or cyclic N) is 1. The molecule has 1 aromatic carbocycles. The Morgan fingerprint density at radius 1 is 1.36 bits per heavy atom. The smallest absolute Gasteiger partial charge is 0.128 e. The van der Waals surface area contributed by atoms with Crippen LogP contribution in [0.2, 0.25) is 0 Å². The zero-order chi connectivity index (χ0) is 10.1. The van der Waals surface area contributed by atoms with E-state index in [1.54, 1.807) is 0 Å². The summed E-state index contributed by atoms with van der Waals surface area (Å²) in [4.78, 5) is 0.